The molecule has 2 atom stereocenters. The molecule has 0 amide bonds. The first-order chi connectivity index (χ1) is 14.6. The average molecular weight is 449 g/mol. The van der Waals surface area contributed by atoms with Gasteiger partial charge in [0.1, 0.15) is 0 Å². The Morgan fingerprint density at radius 2 is 1.20 bits per heavy atom. The van der Waals surface area contributed by atoms with Crippen molar-refractivity contribution >= 4 is 7.60 Å². The zero-order chi connectivity index (χ0) is 22.3. The van der Waals surface area contributed by atoms with E-state index in [1.165, 1.54) is 64.2 Å². The van der Waals surface area contributed by atoms with Crippen LogP contribution in [0, 0.1) is 5.92 Å². The van der Waals surface area contributed by atoms with Gasteiger partial charge < -0.3 is 13.8 Å². The van der Waals surface area contributed by atoms with E-state index in [1.54, 1.807) is 7.11 Å². The second kappa shape index (κ2) is 22.3. The molecule has 0 spiro atoms. The Kier molecular flexibility index (Phi) is 22.4. The van der Waals surface area contributed by atoms with Crippen LogP contribution in [0.2, 0.25) is 0 Å². The van der Waals surface area contributed by atoms with Gasteiger partial charge in [-0.05, 0) is 31.6 Å². The Morgan fingerprint density at radius 3 is 1.77 bits per heavy atom. The van der Waals surface area contributed by atoms with E-state index in [-0.39, 0.29) is 0 Å². The van der Waals surface area contributed by atoms with Gasteiger partial charge in [0.2, 0.25) is 0 Å². The second-order valence-corrected chi connectivity index (χ2v) is 11.0. The van der Waals surface area contributed by atoms with Crippen LogP contribution in [0.5, 0.6) is 0 Å². The van der Waals surface area contributed by atoms with Crippen LogP contribution < -0.4 is 0 Å². The topological polar surface area (TPSA) is 44.8 Å². The van der Waals surface area contributed by atoms with Gasteiger partial charge in [0.25, 0.3) is 0 Å². The molecule has 0 aliphatic heterocycles. The summed E-state index contributed by atoms with van der Waals surface area (Å²) < 4.78 is 30.3. The number of rotatable bonds is 24. The summed E-state index contributed by atoms with van der Waals surface area (Å²) in [6, 6.07) is 0. The van der Waals surface area contributed by atoms with Crippen molar-refractivity contribution < 1.29 is 18.3 Å². The Morgan fingerprint density at radius 1 is 0.633 bits per heavy atom. The summed E-state index contributed by atoms with van der Waals surface area (Å²) in [5, 5.41) is 0. The van der Waals surface area contributed by atoms with Crippen molar-refractivity contribution in [3.63, 3.8) is 0 Å². The third-order valence-corrected chi connectivity index (χ3v) is 7.76. The first kappa shape index (κ1) is 30.1. The molecule has 5 heteroatoms. The summed E-state index contributed by atoms with van der Waals surface area (Å²) in [6.45, 7) is 8.42. The van der Waals surface area contributed by atoms with Crippen LogP contribution in [0.25, 0.3) is 0 Å². The van der Waals surface area contributed by atoms with Gasteiger partial charge in [-0.15, -0.1) is 0 Å². The standard InChI is InChI=1S/C25H53O4P/c1-5-8-11-12-13-14-15-16-17-18-21-28-30(26,23-10-7-3)29-24-25(19-9-6-2)20-22-27-4/h25H,5-24H2,1-4H3. The SMILES string of the molecule is CCCCCCCCCCCCOP(=O)(CCCC)OCC(CCCC)CCOC. The molecule has 0 aromatic rings. The molecular formula is C25H53O4P. The zero-order valence-corrected chi connectivity index (χ0v) is 21.7. The highest BCUT2D eigenvalue weighted by Crippen LogP contribution is 2.49. The smallest absolute Gasteiger partial charge is 0.330 e. The van der Waals surface area contributed by atoms with Gasteiger partial charge in [-0.3, -0.25) is 4.57 Å². The van der Waals surface area contributed by atoms with E-state index >= 15 is 0 Å². The summed E-state index contributed by atoms with van der Waals surface area (Å²) in [7, 11) is -1.24. The number of ether oxygens (including phenoxy) is 1. The van der Waals surface area contributed by atoms with Gasteiger partial charge in [0.05, 0.1) is 19.4 Å². The maximum Gasteiger partial charge on any atom is 0.330 e. The molecule has 0 aliphatic rings. The molecule has 0 saturated carbocycles. The average Bonchev–Trinajstić information content (AvgIpc) is 2.75. The summed E-state index contributed by atoms with van der Waals surface area (Å²) in [4.78, 5) is 0. The van der Waals surface area contributed by atoms with E-state index < -0.39 is 7.60 Å². The van der Waals surface area contributed by atoms with E-state index in [1.807, 2.05) is 0 Å². The van der Waals surface area contributed by atoms with Crippen LogP contribution in [0.1, 0.15) is 124 Å². The van der Waals surface area contributed by atoms with Gasteiger partial charge in [-0.25, -0.2) is 0 Å². The molecular weight excluding hydrogens is 395 g/mol. The van der Waals surface area contributed by atoms with E-state index in [4.69, 9.17) is 13.8 Å². The van der Waals surface area contributed by atoms with Crippen molar-refractivity contribution in [1.82, 2.24) is 0 Å². The largest absolute Gasteiger partial charge is 0.385 e. The third-order valence-electron chi connectivity index (χ3n) is 5.77. The van der Waals surface area contributed by atoms with Crippen LogP contribution in [-0.4, -0.2) is 33.1 Å². The number of methoxy groups -OCH3 is 1. The lowest BCUT2D eigenvalue weighted by Gasteiger charge is -2.22. The minimum Gasteiger partial charge on any atom is -0.385 e. The van der Waals surface area contributed by atoms with Crippen LogP contribution in [0.3, 0.4) is 0 Å². The molecule has 4 nitrogen and oxygen atoms in total. The highest BCUT2D eigenvalue weighted by Gasteiger charge is 2.25. The van der Waals surface area contributed by atoms with E-state index in [0.29, 0.717) is 25.3 Å². The lowest BCUT2D eigenvalue weighted by molar-refractivity contribution is 0.134. The third kappa shape index (κ3) is 18.8. The van der Waals surface area contributed by atoms with Gasteiger partial charge in [0, 0.05) is 13.7 Å². The first-order valence-corrected chi connectivity index (χ1v) is 14.7. The Balaban J connectivity index is 4.11. The highest BCUT2D eigenvalue weighted by atomic mass is 31.2. The number of hydrogen-bond donors (Lipinski definition) is 0. The Hall–Kier alpha value is 0.110. The predicted octanol–water partition coefficient (Wildman–Crippen LogP) is 8.78. The van der Waals surface area contributed by atoms with Gasteiger partial charge in [-0.1, -0.05) is 97.8 Å². The van der Waals surface area contributed by atoms with E-state index in [0.717, 1.165) is 45.1 Å². The van der Waals surface area contributed by atoms with Gasteiger partial charge in [-0.2, -0.15) is 0 Å². The fourth-order valence-electron chi connectivity index (χ4n) is 3.62. The normalized spacial score (nSPS) is 14.7. The van der Waals surface area contributed by atoms with Crippen molar-refractivity contribution in [2.75, 3.05) is 33.1 Å². The minimum atomic E-state index is -2.97. The second-order valence-electron chi connectivity index (χ2n) is 8.79. The molecule has 0 aromatic carbocycles. The quantitative estimate of drug-likeness (QED) is 0.109. The Labute approximate surface area is 188 Å². The van der Waals surface area contributed by atoms with Crippen molar-refractivity contribution in [3.05, 3.63) is 0 Å². The fraction of sp³-hybridized carbons (Fsp3) is 1.00. The monoisotopic (exact) mass is 448 g/mol. The molecule has 0 radical (unpaired) electrons. The molecule has 0 fully saturated rings. The van der Waals surface area contributed by atoms with E-state index in [2.05, 4.69) is 20.8 Å². The molecule has 2 unspecified atom stereocenters. The first-order valence-electron chi connectivity index (χ1n) is 13.0. The van der Waals surface area contributed by atoms with Gasteiger partial charge in [0.15, 0.2) is 0 Å². The summed E-state index contributed by atoms with van der Waals surface area (Å²) >= 11 is 0. The molecule has 30 heavy (non-hydrogen) atoms. The summed E-state index contributed by atoms with van der Waals surface area (Å²) in [6.07, 6.45) is 19.8. The van der Waals surface area contributed by atoms with Crippen molar-refractivity contribution in [2.24, 2.45) is 5.92 Å². The maximum absolute atomic E-state index is 13.2. The van der Waals surface area contributed by atoms with Crippen molar-refractivity contribution in [3.8, 4) is 0 Å². The molecule has 0 rings (SSSR count). The van der Waals surface area contributed by atoms with Crippen LogP contribution in [-0.2, 0) is 18.3 Å². The summed E-state index contributed by atoms with van der Waals surface area (Å²) in [5.41, 5.74) is 0. The lowest BCUT2D eigenvalue weighted by Crippen LogP contribution is -2.13. The molecule has 0 bridgehead atoms. The van der Waals surface area contributed by atoms with Crippen LogP contribution in [0.4, 0.5) is 0 Å². The molecule has 0 saturated heterocycles. The van der Waals surface area contributed by atoms with Crippen molar-refractivity contribution in [1.29, 1.82) is 0 Å². The van der Waals surface area contributed by atoms with Crippen molar-refractivity contribution in [2.45, 2.75) is 124 Å². The fourth-order valence-corrected chi connectivity index (χ4v) is 5.50. The van der Waals surface area contributed by atoms with Gasteiger partial charge >= 0.3 is 7.60 Å². The number of unbranched alkanes of at least 4 members (excludes halogenated alkanes) is 11. The molecule has 0 N–H and O–H groups in total. The molecule has 0 heterocycles. The minimum absolute atomic E-state index is 0.403. The molecule has 0 aromatic heterocycles. The maximum atomic E-state index is 13.2. The highest BCUT2D eigenvalue weighted by molar-refractivity contribution is 7.53. The summed E-state index contributed by atoms with van der Waals surface area (Å²) in [5.74, 6) is 0.403. The predicted molar refractivity (Wildman–Crippen MR) is 131 cm³/mol. The Bertz CT molecular complexity index is 381. The molecule has 0 aliphatic carbocycles. The molecule has 182 valence electrons. The zero-order valence-electron chi connectivity index (χ0n) is 20.8. The van der Waals surface area contributed by atoms with Crippen LogP contribution >= 0.6 is 7.60 Å². The van der Waals surface area contributed by atoms with E-state index in [9.17, 15) is 4.57 Å². The number of hydrogen-bond acceptors (Lipinski definition) is 4. The lowest BCUT2D eigenvalue weighted by atomic mass is 10.0. The van der Waals surface area contributed by atoms with Crippen LogP contribution in [0.15, 0.2) is 0 Å².